The SMILES string of the molecule is Cc1ccc([C@H](N=C2NC(=O)[C@H](CC(=O)Nc3ccc(F)cc3)S2)c2c(O)[nH]c(=O)[nH]c2=O)cc1. The number of halogens is 1. The van der Waals surface area contributed by atoms with Gasteiger partial charge in [-0.2, -0.15) is 0 Å². The minimum absolute atomic E-state index is 0.144. The van der Waals surface area contributed by atoms with Gasteiger partial charge in [0.25, 0.3) is 5.56 Å². The van der Waals surface area contributed by atoms with Gasteiger partial charge < -0.3 is 15.7 Å². The lowest BCUT2D eigenvalue weighted by Crippen LogP contribution is -2.29. The number of carbonyl (C=O) groups is 2. The van der Waals surface area contributed by atoms with Gasteiger partial charge in [-0.05, 0) is 36.8 Å². The van der Waals surface area contributed by atoms with Crippen molar-refractivity contribution in [3.63, 3.8) is 0 Å². The summed E-state index contributed by atoms with van der Waals surface area (Å²) in [6, 6.07) is 11.2. The fraction of sp³-hybridized carbons (Fsp3) is 0.174. The molecular weight excluding hydrogens is 477 g/mol. The summed E-state index contributed by atoms with van der Waals surface area (Å²) in [5.74, 6) is -1.98. The van der Waals surface area contributed by atoms with E-state index in [0.717, 1.165) is 17.3 Å². The Labute approximate surface area is 201 Å². The fourth-order valence-corrected chi connectivity index (χ4v) is 4.42. The smallest absolute Gasteiger partial charge is 0.328 e. The second-order valence-electron chi connectivity index (χ2n) is 7.77. The number of hydrogen-bond donors (Lipinski definition) is 5. The van der Waals surface area contributed by atoms with Crippen molar-refractivity contribution in [2.24, 2.45) is 4.99 Å². The Bertz CT molecular complexity index is 1420. The minimum Gasteiger partial charge on any atom is -0.494 e. The average Bonchev–Trinajstić information content (AvgIpc) is 3.13. The quantitative estimate of drug-likeness (QED) is 0.350. The number of amides is 2. The van der Waals surface area contributed by atoms with Crippen LogP contribution in [0, 0.1) is 12.7 Å². The number of rotatable bonds is 6. The number of amidine groups is 1. The second kappa shape index (κ2) is 9.97. The minimum atomic E-state index is -1.05. The maximum absolute atomic E-state index is 13.0. The Hall–Kier alpha value is -4.19. The summed E-state index contributed by atoms with van der Waals surface area (Å²) in [4.78, 5) is 57.6. The van der Waals surface area contributed by atoms with Crippen LogP contribution in [0.1, 0.15) is 29.2 Å². The number of aromatic amines is 2. The molecule has 1 aromatic heterocycles. The highest BCUT2D eigenvalue weighted by molar-refractivity contribution is 8.15. The maximum Gasteiger partial charge on any atom is 0.328 e. The molecule has 12 heteroatoms. The van der Waals surface area contributed by atoms with Crippen LogP contribution in [0.2, 0.25) is 0 Å². The second-order valence-corrected chi connectivity index (χ2v) is 8.96. The molecule has 2 heterocycles. The van der Waals surface area contributed by atoms with Crippen molar-refractivity contribution in [3.8, 4) is 5.88 Å². The molecule has 0 unspecified atom stereocenters. The summed E-state index contributed by atoms with van der Waals surface area (Å²) < 4.78 is 13.0. The molecule has 1 aliphatic heterocycles. The number of aromatic nitrogens is 2. The first kappa shape index (κ1) is 24.0. The monoisotopic (exact) mass is 497 g/mol. The third kappa shape index (κ3) is 5.66. The lowest BCUT2D eigenvalue weighted by Gasteiger charge is -2.14. The van der Waals surface area contributed by atoms with Crippen molar-refractivity contribution < 1.29 is 19.1 Å². The Morgan fingerprint density at radius 2 is 1.80 bits per heavy atom. The normalized spacial score (nSPS) is 17.3. The average molecular weight is 498 g/mol. The predicted molar refractivity (Wildman–Crippen MR) is 129 cm³/mol. The number of carbonyl (C=O) groups excluding carboxylic acids is 2. The molecule has 1 aliphatic rings. The van der Waals surface area contributed by atoms with Crippen molar-refractivity contribution in [2.45, 2.75) is 24.6 Å². The predicted octanol–water partition coefficient (Wildman–Crippen LogP) is 1.92. The molecule has 4 rings (SSSR count). The van der Waals surface area contributed by atoms with Gasteiger partial charge in [0.05, 0.1) is 0 Å². The number of nitrogens with one attached hydrogen (secondary N) is 4. The first-order valence-corrected chi connectivity index (χ1v) is 11.3. The van der Waals surface area contributed by atoms with Gasteiger partial charge in [-0.25, -0.2) is 14.2 Å². The Balaban J connectivity index is 1.58. The summed E-state index contributed by atoms with van der Waals surface area (Å²) in [6.07, 6.45) is -0.174. The molecule has 2 aromatic carbocycles. The van der Waals surface area contributed by atoms with Crippen molar-refractivity contribution in [3.05, 3.63) is 91.9 Å². The van der Waals surface area contributed by atoms with E-state index in [1.807, 2.05) is 6.92 Å². The van der Waals surface area contributed by atoms with E-state index >= 15 is 0 Å². The number of nitrogens with zero attached hydrogens (tertiary/aromatic N) is 1. The topological polar surface area (TPSA) is 157 Å². The van der Waals surface area contributed by atoms with Gasteiger partial charge in [0.1, 0.15) is 22.7 Å². The number of aliphatic imine (C=N–C) groups is 1. The van der Waals surface area contributed by atoms with Crippen LogP contribution in [0.4, 0.5) is 10.1 Å². The third-order valence-electron chi connectivity index (χ3n) is 5.15. The van der Waals surface area contributed by atoms with E-state index in [4.69, 9.17) is 0 Å². The van der Waals surface area contributed by atoms with Crippen LogP contribution in [0.25, 0.3) is 0 Å². The highest BCUT2D eigenvalue weighted by Gasteiger charge is 2.33. The summed E-state index contributed by atoms with van der Waals surface area (Å²) >= 11 is 0.998. The number of H-pyrrole nitrogens is 2. The zero-order valence-electron chi connectivity index (χ0n) is 18.3. The largest absolute Gasteiger partial charge is 0.494 e. The molecule has 180 valence electrons. The fourth-order valence-electron chi connectivity index (χ4n) is 3.42. The van der Waals surface area contributed by atoms with Crippen LogP contribution in [0.15, 0.2) is 63.1 Å². The van der Waals surface area contributed by atoms with Gasteiger partial charge in [-0.15, -0.1) is 0 Å². The molecule has 1 fully saturated rings. The molecule has 0 saturated carbocycles. The molecule has 0 spiro atoms. The van der Waals surface area contributed by atoms with Crippen LogP contribution >= 0.6 is 11.8 Å². The van der Waals surface area contributed by atoms with E-state index < -0.39 is 46.1 Å². The first-order chi connectivity index (χ1) is 16.7. The van der Waals surface area contributed by atoms with Gasteiger partial charge >= 0.3 is 5.69 Å². The van der Waals surface area contributed by atoms with E-state index in [-0.39, 0.29) is 17.2 Å². The Morgan fingerprint density at radius 3 is 2.46 bits per heavy atom. The van der Waals surface area contributed by atoms with E-state index in [1.54, 1.807) is 24.3 Å². The molecule has 3 aromatic rings. The summed E-state index contributed by atoms with van der Waals surface area (Å²) in [7, 11) is 0. The van der Waals surface area contributed by atoms with E-state index in [0.29, 0.717) is 11.3 Å². The highest BCUT2D eigenvalue weighted by atomic mass is 32.2. The molecule has 0 aliphatic carbocycles. The molecule has 1 saturated heterocycles. The van der Waals surface area contributed by atoms with E-state index in [1.165, 1.54) is 24.3 Å². The summed E-state index contributed by atoms with van der Waals surface area (Å²) in [5.41, 5.74) is -0.0268. The van der Waals surface area contributed by atoms with Crippen molar-refractivity contribution in [1.29, 1.82) is 0 Å². The molecule has 2 amide bonds. The first-order valence-electron chi connectivity index (χ1n) is 10.4. The maximum atomic E-state index is 13.0. The van der Waals surface area contributed by atoms with Crippen LogP contribution in [-0.2, 0) is 9.59 Å². The summed E-state index contributed by atoms with van der Waals surface area (Å²) in [6.45, 7) is 1.88. The van der Waals surface area contributed by atoms with Crippen molar-refractivity contribution >= 4 is 34.4 Å². The van der Waals surface area contributed by atoms with E-state index in [2.05, 4.69) is 25.6 Å². The van der Waals surface area contributed by atoms with Crippen LogP contribution in [0.3, 0.4) is 0 Å². The third-order valence-corrected chi connectivity index (χ3v) is 6.24. The number of aryl methyl sites for hydroxylation is 1. The number of thioether (sulfide) groups is 1. The van der Waals surface area contributed by atoms with Gasteiger partial charge in [0, 0.05) is 12.1 Å². The highest BCUT2D eigenvalue weighted by Crippen LogP contribution is 2.32. The molecule has 5 N–H and O–H groups in total. The molecule has 10 nitrogen and oxygen atoms in total. The standard InChI is InChI=1S/C23H20FN5O5S/c1-11-2-4-12(5-3-11)18(17-20(32)27-22(34)28-21(17)33)26-23-29-19(31)15(35-23)10-16(30)25-14-8-6-13(24)7-9-14/h2-9,15,18H,10H2,1H3,(H,25,30)(H,26,29,31)(H3,27,28,32,33,34)/t15-,18-/m0/s1. The lowest BCUT2D eigenvalue weighted by molar-refractivity contribution is -0.122. The number of hydrogen-bond acceptors (Lipinski definition) is 7. The molecule has 2 atom stereocenters. The number of benzene rings is 2. The van der Waals surface area contributed by atoms with Crippen LogP contribution < -0.4 is 21.9 Å². The van der Waals surface area contributed by atoms with Gasteiger partial charge in [0.15, 0.2) is 5.17 Å². The zero-order valence-corrected chi connectivity index (χ0v) is 19.1. The van der Waals surface area contributed by atoms with Crippen LogP contribution in [0.5, 0.6) is 5.88 Å². The molecule has 35 heavy (non-hydrogen) atoms. The lowest BCUT2D eigenvalue weighted by atomic mass is 10.00. The number of aromatic hydroxyl groups is 1. The molecule has 0 radical (unpaired) electrons. The number of anilines is 1. The van der Waals surface area contributed by atoms with E-state index in [9.17, 15) is 28.7 Å². The summed E-state index contributed by atoms with van der Waals surface area (Å²) in [5, 5.41) is 14.8. The van der Waals surface area contributed by atoms with Crippen molar-refractivity contribution in [1.82, 2.24) is 15.3 Å². The zero-order chi connectivity index (χ0) is 25.1. The molecular formula is C23H20FN5O5S. The van der Waals surface area contributed by atoms with Crippen molar-refractivity contribution in [2.75, 3.05) is 5.32 Å². The van der Waals surface area contributed by atoms with Gasteiger partial charge in [0.2, 0.25) is 17.7 Å². The van der Waals surface area contributed by atoms with Crippen LogP contribution in [-0.4, -0.2) is 37.3 Å². The molecule has 0 bridgehead atoms. The van der Waals surface area contributed by atoms with Gasteiger partial charge in [-0.1, -0.05) is 41.6 Å². The Kier molecular flexibility index (Phi) is 6.82. The van der Waals surface area contributed by atoms with Gasteiger partial charge in [-0.3, -0.25) is 24.4 Å². The Morgan fingerprint density at radius 1 is 1.11 bits per heavy atom.